The first-order valence-corrected chi connectivity index (χ1v) is 5.69. The Morgan fingerprint density at radius 3 is 2.89 bits per heavy atom. The van der Waals surface area contributed by atoms with E-state index < -0.39 is 5.82 Å². The van der Waals surface area contributed by atoms with Crippen LogP contribution in [0.4, 0.5) is 10.2 Å². The van der Waals surface area contributed by atoms with Crippen LogP contribution in [0.5, 0.6) is 0 Å². The fraction of sp³-hybridized carbons (Fsp3) is 0.182. The lowest BCUT2D eigenvalue weighted by Crippen LogP contribution is -2.30. The Hall–Kier alpha value is -1.63. The quantitative estimate of drug-likeness (QED) is 0.500. The summed E-state index contributed by atoms with van der Waals surface area (Å²) in [5.41, 5.74) is 9.45. The number of rotatable bonds is 4. The first-order chi connectivity index (χ1) is 8.63. The third kappa shape index (κ3) is 2.45. The zero-order chi connectivity index (χ0) is 13.1. The van der Waals surface area contributed by atoms with E-state index in [0.29, 0.717) is 23.4 Å². The Bertz CT molecular complexity index is 542. The highest BCUT2D eigenvalue weighted by Gasteiger charge is 2.17. The molecule has 96 valence electrons. The highest BCUT2D eigenvalue weighted by atomic mass is 35.5. The van der Waals surface area contributed by atoms with Gasteiger partial charge in [0.25, 0.3) is 0 Å². The Balaban J connectivity index is 2.26. The molecule has 0 bridgehead atoms. The number of anilines is 1. The van der Waals surface area contributed by atoms with Crippen molar-refractivity contribution < 1.29 is 4.39 Å². The van der Waals surface area contributed by atoms with Crippen molar-refractivity contribution in [3.8, 4) is 0 Å². The molecule has 1 aromatic heterocycles. The van der Waals surface area contributed by atoms with Gasteiger partial charge in [-0.05, 0) is 18.1 Å². The average molecular weight is 270 g/mol. The Morgan fingerprint density at radius 2 is 2.28 bits per heavy atom. The van der Waals surface area contributed by atoms with Crippen LogP contribution in [0, 0.1) is 5.82 Å². The molecule has 0 aliphatic heterocycles. The normalized spacial score (nSPS) is 12.6. The molecule has 0 amide bonds. The number of benzene rings is 1. The third-order valence-corrected chi connectivity index (χ3v) is 3.02. The van der Waals surface area contributed by atoms with Crippen molar-refractivity contribution in [1.29, 1.82) is 0 Å². The molecule has 1 heterocycles. The van der Waals surface area contributed by atoms with Crippen LogP contribution in [0.3, 0.4) is 0 Å². The van der Waals surface area contributed by atoms with Gasteiger partial charge in [0.05, 0.1) is 17.3 Å². The Labute approximate surface area is 108 Å². The number of H-pyrrole nitrogens is 1. The maximum atomic E-state index is 13.8. The number of nitrogen functional groups attached to an aromatic ring is 1. The van der Waals surface area contributed by atoms with Crippen molar-refractivity contribution in [3.63, 3.8) is 0 Å². The summed E-state index contributed by atoms with van der Waals surface area (Å²) in [6, 6.07) is 4.50. The number of halogens is 2. The second-order valence-corrected chi connectivity index (χ2v) is 4.28. The second-order valence-electron chi connectivity index (χ2n) is 3.88. The van der Waals surface area contributed by atoms with Crippen LogP contribution in [0.15, 0.2) is 24.4 Å². The van der Waals surface area contributed by atoms with Gasteiger partial charge in [-0.15, -0.1) is 0 Å². The maximum absolute atomic E-state index is 13.8. The molecule has 2 rings (SSSR count). The van der Waals surface area contributed by atoms with Gasteiger partial charge in [-0.3, -0.25) is 16.4 Å². The van der Waals surface area contributed by atoms with Gasteiger partial charge in [0.15, 0.2) is 0 Å². The number of nitrogens with two attached hydrogens (primary N) is 2. The summed E-state index contributed by atoms with van der Waals surface area (Å²) in [6.07, 6.45) is 1.88. The van der Waals surface area contributed by atoms with Crippen molar-refractivity contribution in [2.75, 3.05) is 5.73 Å². The van der Waals surface area contributed by atoms with E-state index >= 15 is 0 Å². The second kappa shape index (κ2) is 5.34. The predicted molar refractivity (Wildman–Crippen MR) is 68.2 cm³/mol. The molecule has 1 atom stereocenters. The molecule has 7 heteroatoms. The van der Waals surface area contributed by atoms with E-state index in [0.717, 1.165) is 0 Å². The van der Waals surface area contributed by atoms with Gasteiger partial charge in [0.2, 0.25) is 0 Å². The average Bonchev–Trinajstić information content (AvgIpc) is 2.77. The molecular weight excluding hydrogens is 257 g/mol. The molecule has 0 saturated heterocycles. The molecule has 18 heavy (non-hydrogen) atoms. The highest BCUT2D eigenvalue weighted by Crippen LogP contribution is 2.25. The molecule has 0 aliphatic rings. The van der Waals surface area contributed by atoms with Gasteiger partial charge in [-0.2, -0.15) is 5.10 Å². The van der Waals surface area contributed by atoms with Gasteiger partial charge in [-0.1, -0.05) is 23.7 Å². The topological polar surface area (TPSA) is 92.7 Å². The molecule has 1 unspecified atom stereocenters. The third-order valence-electron chi connectivity index (χ3n) is 2.73. The van der Waals surface area contributed by atoms with Gasteiger partial charge < -0.3 is 5.73 Å². The molecular formula is C11H13ClFN5. The highest BCUT2D eigenvalue weighted by molar-refractivity contribution is 6.30. The molecule has 1 aromatic carbocycles. The summed E-state index contributed by atoms with van der Waals surface area (Å²) in [7, 11) is 0. The summed E-state index contributed by atoms with van der Waals surface area (Å²) >= 11 is 5.73. The smallest absolute Gasteiger partial charge is 0.145 e. The van der Waals surface area contributed by atoms with Crippen molar-refractivity contribution >= 4 is 17.4 Å². The van der Waals surface area contributed by atoms with Gasteiger partial charge >= 0.3 is 0 Å². The summed E-state index contributed by atoms with van der Waals surface area (Å²) in [6.45, 7) is 0. The molecule has 0 radical (unpaired) electrons. The molecule has 2 aromatic rings. The monoisotopic (exact) mass is 269 g/mol. The minimum atomic E-state index is -0.443. The first kappa shape index (κ1) is 12.8. The van der Waals surface area contributed by atoms with Gasteiger partial charge in [0, 0.05) is 5.56 Å². The zero-order valence-electron chi connectivity index (χ0n) is 9.45. The van der Waals surface area contributed by atoms with E-state index in [1.165, 1.54) is 6.07 Å². The molecule has 0 aliphatic carbocycles. The van der Waals surface area contributed by atoms with Crippen molar-refractivity contribution in [2.24, 2.45) is 5.84 Å². The van der Waals surface area contributed by atoms with Crippen molar-refractivity contribution in [3.05, 3.63) is 46.4 Å². The molecule has 0 fully saturated rings. The number of hydrogen-bond donors (Lipinski definition) is 4. The lowest BCUT2D eigenvalue weighted by molar-refractivity contribution is 0.530. The van der Waals surface area contributed by atoms with Gasteiger partial charge in [0.1, 0.15) is 11.6 Å². The van der Waals surface area contributed by atoms with Crippen molar-refractivity contribution in [1.82, 2.24) is 15.6 Å². The number of nitrogens with one attached hydrogen (secondary N) is 2. The summed E-state index contributed by atoms with van der Waals surface area (Å²) in [5.74, 6) is 5.43. The predicted octanol–water partition coefficient (Wildman–Crippen LogP) is 1.53. The van der Waals surface area contributed by atoms with E-state index in [1.54, 1.807) is 18.3 Å². The number of hydrogen-bond acceptors (Lipinski definition) is 4. The summed E-state index contributed by atoms with van der Waals surface area (Å²) in [4.78, 5) is 0. The molecule has 0 spiro atoms. The molecule has 6 N–H and O–H groups in total. The largest absolute Gasteiger partial charge is 0.384 e. The molecule has 5 nitrogen and oxygen atoms in total. The van der Waals surface area contributed by atoms with Crippen molar-refractivity contribution in [2.45, 2.75) is 12.5 Å². The standard InChI is InChI=1S/C11H13ClFN5/c12-8-3-1-2-6(10(8)13)4-9(17-15)7-5-16-18-11(7)14/h1-3,5,9,17H,4,15H2,(H3,14,16,18). The van der Waals surface area contributed by atoms with E-state index in [-0.39, 0.29) is 11.1 Å². The fourth-order valence-electron chi connectivity index (χ4n) is 1.77. The summed E-state index contributed by atoms with van der Waals surface area (Å²) < 4.78 is 13.8. The SMILES string of the molecule is NNC(Cc1cccc(Cl)c1F)c1cn[nH]c1N. The van der Waals surface area contributed by atoms with Crippen LogP contribution in [0.2, 0.25) is 5.02 Å². The van der Waals surface area contributed by atoms with E-state index in [1.807, 2.05) is 0 Å². The van der Waals surface area contributed by atoms with Crippen LogP contribution in [-0.2, 0) is 6.42 Å². The minimum Gasteiger partial charge on any atom is -0.384 e. The van der Waals surface area contributed by atoms with Crippen LogP contribution in [0.1, 0.15) is 17.2 Å². The van der Waals surface area contributed by atoms with Crippen LogP contribution in [-0.4, -0.2) is 10.2 Å². The Morgan fingerprint density at radius 1 is 1.50 bits per heavy atom. The lowest BCUT2D eigenvalue weighted by Gasteiger charge is -2.15. The Kier molecular flexibility index (Phi) is 3.81. The number of nitrogens with zero attached hydrogens (tertiary/aromatic N) is 1. The minimum absolute atomic E-state index is 0.0865. The van der Waals surface area contributed by atoms with E-state index in [9.17, 15) is 4.39 Å². The zero-order valence-corrected chi connectivity index (χ0v) is 10.2. The van der Waals surface area contributed by atoms with Crippen LogP contribution < -0.4 is 17.0 Å². The van der Waals surface area contributed by atoms with E-state index in [4.69, 9.17) is 23.2 Å². The maximum Gasteiger partial charge on any atom is 0.145 e. The van der Waals surface area contributed by atoms with Crippen LogP contribution >= 0.6 is 11.6 Å². The van der Waals surface area contributed by atoms with Crippen LogP contribution in [0.25, 0.3) is 0 Å². The van der Waals surface area contributed by atoms with Gasteiger partial charge in [-0.25, -0.2) is 4.39 Å². The number of hydrazine groups is 1. The first-order valence-electron chi connectivity index (χ1n) is 5.31. The number of aromatic amines is 1. The molecule has 0 saturated carbocycles. The van der Waals surface area contributed by atoms with E-state index in [2.05, 4.69) is 15.6 Å². The summed E-state index contributed by atoms with van der Waals surface area (Å²) in [5, 5.41) is 6.50. The number of aromatic nitrogens is 2. The lowest BCUT2D eigenvalue weighted by atomic mass is 10.0. The fourth-order valence-corrected chi connectivity index (χ4v) is 1.96.